The van der Waals surface area contributed by atoms with Crippen molar-refractivity contribution in [1.29, 1.82) is 0 Å². The predicted octanol–water partition coefficient (Wildman–Crippen LogP) is -0.693. The zero-order valence-electron chi connectivity index (χ0n) is 9.77. The second kappa shape index (κ2) is 4.63. The van der Waals surface area contributed by atoms with E-state index in [9.17, 15) is 4.79 Å². The number of nitrogens with one attached hydrogen (secondary N) is 1. The van der Waals surface area contributed by atoms with Crippen LogP contribution in [-0.4, -0.2) is 32.9 Å². The van der Waals surface area contributed by atoms with Crippen LogP contribution in [0.4, 0.5) is 0 Å². The highest BCUT2D eigenvalue weighted by Crippen LogP contribution is 2.10. The van der Waals surface area contributed by atoms with Crippen molar-refractivity contribution in [2.75, 3.05) is 6.61 Å². The number of carbonyl (C=O) groups is 1. The van der Waals surface area contributed by atoms with E-state index in [4.69, 9.17) is 10.8 Å². The van der Waals surface area contributed by atoms with Gasteiger partial charge in [-0.1, -0.05) is 0 Å². The van der Waals surface area contributed by atoms with Gasteiger partial charge >= 0.3 is 0 Å². The number of nitrogens with two attached hydrogens (primary N) is 1. The summed E-state index contributed by atoms with van der Waals surface area (Å²) in [5.41, 5.74) is 5.74. The number of aliphatic hydroxyl groups is 1. The van der Waals surface area contributed by atoms with Gasteiger partial charge in [0.05, 0.1) is 18.3 Å². The molecule has 0 bridgehead atoms. The van der Waals surface area contributed by atoms with Gasteiger partial charge in [-0.3, -0.25) is 9.48 Å². The molecule has 6 nitrogen and oxygen atoms in total. The molecule has 1 rings (SSSR count). The van der Waals surface area contributed by atoms with E-state index >= 15 is 0 Å². The summed E-state index contributed by atoms with van der Waals surface area (Å²) in [6.45, 7) is 3.31. The van der Waals surface area contributed by atoms with Crippen LogP contribution >= 0.6 is 0 Å². The molecule has 4 N–H and O–H groups in total. The largest absolute Gasteiger partial charge is 0.394 e. The molecule has 90 valence electrons. The molecule has 0 aliphatic heterocycles. The molecule has 1 heterocycles. The Bertz CT molecular complexity index is 373. The molecule has 1 amide bonds. The molecular weight excluding hydrogens is 208 g/mol. The van der Waals surface area contributed by atoms with Gasteiger partial charge in [-0.25, -0.2) is 0 Å². The SMILES string of the molecule is Cn1cc(C(N)C(=O)NC(C)(C)CO)cn1. The number of aryl methyl sites for hydroxylation is 1. The summed E-state index contributed by atoms with van der Waals surface area (Å²) in [7, 11) is 1.76. The smallest absolute Gasteiger partial charge is 0.242 e. The molecule has 6 heteroatoms. The molecule has 0 aliphatic carbocycles. The van der Waals surface area contributed by atoms with E-state index in [2.05, 4.69) is 10.4 Å². The molecule has 0 fully saturated rings. The van der Waals surface area contributed by atoms with Crippen LogP contribution in [-0.2, 0) is 11.8 Å². The molecule has 1 aromatic rings. The molecule has 1 unspecified atom stereocenters. The third kappa shape index (κ3) is 3.04. The average molecular weight is 226 g/mol. The number of rotatable bonds is 4. The normalized spacial score (nSPS) is 13.6. The van der Waals surface area contributed by atoms with Crippen molar-refractivity contribution in [3.63, 3.8) is 0 Å². The molecular formula is C10H18N4O2. The summed E-state index contributed by atoms with van der Waals surface area (Å²) in [4.78, 5) is 11.7. The minimum atomic E-state index is -0.764. The quantitative estimate of drug-likeness (QED) is 0.633. The monoisotopic (exact) mass is 226 g/mol. The number of carbonyl (C=O) groups excluding carboxylic acids is 1. The van der Waals surface area contributed by atoms with Gasteiger partial charge in [0.15, 0.2) is 0 Å². The first-order valence-corrected chi connectivity index (χ1v) is 5.03. The fourth-order valence-electron chi connectivity index (χ4n) is 1.20. The summed E-state index contributed by atoms with van der Waals surface area (Å²) in [6.07, 6.45) is 3.24. The molecule has 0 saturated carbocycles. The summed E-state index contributed by atoms with van der Waals surface area (Å²) < 4.78 is 1.58. The minimum absolute atomic E-state index is 0.140. The summed E-state index contributed by atoms with van der Waals surface area (Å²) >= 11 is 0. The van der Waals surface area contributed by atoms with E-state index in [1.165, 1.54) is 0 Å². The lowest BCUT2D eigenvalue weighted by Gasteiger charge is -2.25. The Morgan fingerprint density at radius 3 is 2.81 bits per heavy atom. The van der Waals surface area contributed by atoms with Crippen molar-refractivity contribution in [3.8, 4) is 0 Å². The van der Waals surface area contributed by atoms with Crippen LogP contribution in [0.25, 0.3) is 0 Å². The van der Waals surface area contributed by atoms with Gasteiger partial charge in [-0.15, -0.1) is 0 Å². The number of aliphatic hydroxyl groups excluding tert-OH is 1. The molecule has 0 aromatic carbocycles. The zero-order valence-corrected chi connectivity index (χ0v) is 9.77. The molecule has 0 saturated heterocycles. The number of aromatic nitrogens is 2. The summed E-state index contributed by atoms with van der Waals surface area (Å²) in [5.74, 6) is -0.327. The van der Waals surface area contributed by atoms with Crippen molar-refractivity contribution in [1.82, 2.24) is 15.1 Å². The van der Waals surface area contributed by atoms with E-state index in [0.29, 0.717) is 5.56 Å². The maximum atomic E-state index is 11.7. The Morgan fingerprint density at radius 2 is 2.38 bits per heavy atom. The van der Waals surface area contributed by atoms with E-state index in [0.717, 1.165) is 0 Å². The van der Waals surface area contributed by atoms with Crippen LogP contribution in [0.3, 0.4) is 0 Å². The summed E-state index contributed by atoms with van der Waals surface area (Å²) in [5, 5.41) is 15.6. The maximum Gasteiger partial charge on any atom is 0.242 e. The van der Waals surface area contributed by atoms with Crippen molar-refractivity contribution in [2.24, 2.45) is 12.8 Å². The molecule has 0 radical (unpaired) electrons. The fraction of sp³-hybridized carbons (Fsp3) is 0.600. The van der Waals surface area contributed by atoms with Gasteiger partial charge < -0.3 is 16.2 Å². The predicted molar refractivity (Wildman–Crippen MR) is 59.4 cm³/mol. The highest BCUT2D eigenvalue weighted by atomic mass is 16.3. The lowest BCUT2D eigenvalue weighted by atomic mass is 10.1. The van der Waals surface area contributed by atoms with Crippen LogP contribution in [0, 0.1) is 0 Å². The first-order chi connectivity index (χ1) is 7.35. The van der Waals surface area contributed by atoms with Gasteiger partial charge in [0.1, 0.15) is 6.04 Å². The minimum Gasteiger partial charge on any atom is -0.394 e. The van der Waals surface area contributed by atoms with Gasteiger partial charge in [-0.2, -0.15) is 5.10 Å². The van der Waals surface area contributed by atoms with E-state index < -0.39 is 11.6 Å². The molecule has 1 atom stereocenters. The third-order valence-electron chi connectivity index (χ3n) is 2.22. The van der Waals surface area contributed by atoms with Crippen molar-refractivity contribution in [3.05, 3.63) is 18.0 Å². The molecule has 0 spiro atoms. The van der Waals surface area contributed by atoms with Crippen molar-refractivity contribution in [2.45, 2.75) is 25.4 Å². The number of amides is 1. The van der Waals surface area contributed by atoms with Crippen LogP contribution < -0.4 is 11.1 Å². The first kappa shape index (κ1) is 12.7. The number of hydrogen-bond donors (Lipinski definition) is 3. The second-order valence-electron chi connectivity index (χ2n) is 4.46. The Hall–Kier alpha value is -1.40. The fourth-order valence-corrected chi connectivity index (χ4v) is 1.20. The molecule has 0 aliphatic rings. The van der Waals surface area contributed by atoms with Crippen molar-refractivity contribution < 1.29 is 9.90 Å². The van der Waals surface area contributed by atoms with E-state index in [-0.39, 0.29) is 12.5 Å². The van der Waals surface area contributed by atoms with E-state index in [1.807, 2.05) is 0 Å². The molecule has 16 heavy (non-hydrogen) atoms. The van der Waals surface area contributed by atoms with Gasteiger partial charge in [0, 0.05) is 18.8 Å². The van der Waals surface area contributed by atoms with Crippen LogP contribution in [0.5, 0.6) is 0 Å². The van der Waals surface area contributed by atoms with Crippen LogP contribution in [0.1, 0.15) is 25.5 Å². The van der Waals surface area contributed by atoms with Gasteiger partial charge in [0.2, 0.25) is 5.91 Å². The van der Waals surface area contributed by atoms with Crippen molar-refractivity contribution >= 4 is 5.91 Å². The standard InChI is InChI=1S/C10H18N4O2/c1-10(2,6-15)13-9(16)8(11)7-4-12-14(3)5-7/h4-5,8,15H,6,11H2,1-3H3,(H,13,16). The lowest BCUT2D eigenvalue weighted by Crippen LogP contribution is -2.49. The zero-order chi connectivity index (χ0) is 12.3. The van der Waals surface area contributed by atoms with Crippen LogP contribution in [0.2, 0.25) is 0 Å². The lowest BCUT2D eigenvalue weighted by molar-refractivity contribution is -0.124. The third-order valence-corrected chi connectivity index (χ3v) is 2.22. The van der Waals surface area contributed by atoms with Gasteiger partial charge in [0.25, 0.3) is 0 Å². The average Bonchev–Trinajstić information content (AvgIpc) is 2.63. The first-order valence-electron chi connectivity index (χ1n) is 5.03. The highest BCUT2D eigenvalue weighted by Gasteiger charge is 2.24. The number of nitrogens with zero attached hydrogens (tertiary/aromatic N) is 2. The number of hydrogen-bond acceptors (Lipinski definition) is 4. The Balaban J connectivity index is 2.68. The topological polar surface area (TPSA) is 93.2 Å². The molecule has 1 aromatic heterocycles. The summed E-state index contributed by atoms with van der Waals surface area (Å²) in [6, 6.07) is -0.764. The Labute approximate surface area is 94.4 Å². The Morgan fingerprint density at radius 1 is 1.75 bits per heavy atom. The second-order valence-corrected chi connectivity index (χ2v) is 4.46. The van der Waals surface area contributed by atoms with Gasteiger partial charge in [-0.05, 0) is 13.8 Å². The Kier molecular flexibility index (Phi) is 3.66. The van der Waals surface area contributed by atoms with E-state index in [1.54, 1.807) is 38.0 Å². The maximum absolute atomic E-state index is 11.7. The van der Waals surface area contributed by atoms with Crippen LogP contribution in [0.15, 0.2) is 12.4 Å². The highest BCUT2D eigenvalue weighted by molar-refractivity contribution is 5.83.